The van der Waals surface area contributed by atoms with Gasteiger partial charge < -0.3 is 8.85 Å². The average Bonchev–Trinajstić information content (AvgIpc) is 3.00. The first kappa shape index (κ1) is 27.3. The normalized spacial score (nSPS) is 15.0. The quantitative estimate of drug-likeness (QED) is 0.307. The van der Waals surface area contributed by atoms with Gasteiger partial charge in [0.2, 0.25) is 0 Å². The first-order chi connectivity index (χ1) is 12.6. The van der Waals surface area contributed by atoms with Crippen LogP contribution in [0.15, 0.2) is 10.4 Å². The average molecular weight is 500 g/mol. The predicted molar refractivity (Wildman–Crippen MR) is 129 cm³/mol. The van der Waals surface area contributed by atoms with Gasteiger partial charge in [0.1, 0.15) is 5.01 Å². The molecule has 0 radical (unpaired) electrons. The highest BCUT2D eigenvalue weighted by Gasteiger charge is 2.43. The van der Waals surface area contributed by atoms with E-state index in [9.17, 15) is 8.42 Å². The summed E-state index contributed by atoms with van der Waals surface area (Å²) < 4.78 is 36.6. The number of hydrogen-bond acceptors (Lipinski definition) is 6. The molecule has 5 nitrogen and oxygen atoms in total. The number of thiazole rings is 1. The van der Waals surface area contributed by atoms with Crippen molar-refractivity contribution in [3.8, 4) is 0 Å². The topological polar surface area (TPSA) is 65.5 Å². The number of aromatic nitrogens is 1. The maximum atomic E-state index is 11.8. The maximum absolute atomic E-state index is 11.8. The summed E-state index contributed by atoms with van der Waals surface area (Å²) in [4.78, 5) is 4.41. The highest BCUT2D eigenvalue weighted by molar-refractivity contribution is 8.15. The summed E-state index contributed by atoms with van der Waals surface area (Å²) in [7, 11) is -2.28. The molecule has 0 aromatic carbocycles. The largest absolute Gasteiger partial charge is 0.416 e. The molecule has 0 saturated carbocycles. The van der Waals surface area contributed by atoms with E-state index in [0.717, 1.165) is 11.3 Å². The fourth-order valence-electron chi connectivity index (χ4n) is 1.93. The lowest BCUT2D eigenvalue weighted by Gasteiger charge is -2.42. The Labute approximate surface area is 188 Å². The van der Waals surface area contributed by atoms with Gasteiger partial charge in [-0.05, 0) is 43.2 Å². The van der Waals surface area contributed by atoms with Crippen molar-refractivity contribution in [2.75, 3.05) is 13.2 Å². The second kappa shape index (κ2) is 8.63. The molecule has 0 fully saturated rings. The molecule has 0 aliphatic heterocycles. The van der Waals surface area contributed by atoms with E-state index in [0.29, 0.717) is 18.2 Å². The highest BCUT2D eigenvalue weighted by atomic mass is 35.7. The van der Waals surface area contributed by atoms with Gasteiger partial charge in [-0.1, -0.05) is 41.5 Å². The van der Waals surface area contributed by atoms with Gasteiger partial charge in [0, 0.05) is 23.9 Å². The van der Waals surface area contributed by atoms with Crippen molar-refractivity contribution >= 4 is 47.7 Å². The van der Waals surface area contributed by atoms with Crippen molar-refractivity contribution in [1.29, 1.82) is 0 Å². The van der Waals surface area contributed by atoms with E-state index in [1.165, 1.54) is 6.20 Å². The second-order valence-electron chi connectivity index (χ2n) is 11.1. The smallest absolute Gasteiger partial charge is 0.272 e. The Morgan fingerprint density at radius 2 is 1.31 bits per heavy atom. The molecular formula is C19H38ClNO4S2Si2. The summed E-state index contributed by atoms with van der Waals surface area (Å²) in [6, 6.07) is 0. The summed E-state index contributed by atoms with van der Waals surface area (Å²) in [6.45, 7) is 24.9. The minimum atomic E-state index is -3.81. The predicted octanol–water partition coefficient (Wildman–Crippen LogP) is 6.37. The Morgan fingerprint density at radius 1 is 0.931 bits per heavy atom. The molecule has 1 heterocycles. The van der Waals surface area contributed by atoms with Crippen LogP contribution < -0.4 is 0 Å². The second-order valence-corrected chi connectivity index (χ2v) is 24.5. The van der Waals surface area contributed by atoms with Crippen LogP contribution in [0.3, 0.4) is 0 Å². The lowest BCUT2D eigenvalue weighted by Crippen LogP contribution is -2.48. The standard InChI is InChI=1S/C19H38ClNO4S2Si2/c1-17(2,3)28(8,9)24-13-19(7,14-25-29(10,11)18(4,5)6)16-21-12-15(26-16)27(20,22)23/h12H,13-14H2,1-11H3. The molecule has 1 aromatic rings. The zero-order valence-electron chi connectivity index (χ0n) is 19.8. The molecule has 0 aliphatic rings. The monoisotopic (exact) mass is 499 g/mol. The van der Waals surface area contributed by atoms with Crippen molar-refractivity contribution in [3.63, 3.8) is 0 Å². The third kappa shape index (κ3) is 6.85. The van der Waals surface area contributed by atoms with E-state index in [1.54, 1.807) is 0 Å². The molecule has 0 unspecified atom stereocenters. The fourth-order valence-corrected chi connectivity index (χ4v) is 6.14. The van der Waals surface area contributed by atoms with Crippen LogP contribution in [0.5, 0.6) is 0 Å². The Bertz CT molecular complexity index is 779. The lowest BCUT2D eigenvalue weighted by molar-refractivity contribution is 0.137. The molecule has 0 atom stereocenters. The molecule has 1 aromatic heterocycles. The van der Waals surface area contributed by atoms with E-state index in [4.69, 9.17) is 19.5 Å². The van der Waals surface area contributed by atoms with Crippen LogP contribution in [0.4, 0.5) is 0 Å². The molecule has 1 rings (SSSR count). The van der Waals surface area contributed by atoms with Crippen molar-refractivity contribution < 1.29 is 17.3 Å². The van der Waals surface area contributed by atoms with Crippen LogP contribution in [0, 0.1) is 0 Å². The molecule has 0 N–H and O–H groups in total. The number of halogens is 1. The summed E-state index contributed by atoms with van der Waals surface area (Å²) in [5.74, 6) is 0. The van der Waals surface area contributed by atoms with Gasteiger partial charge in [-0.25, -0.2) is 13.4 Å². The van der Waals surface area contributed by atoms with Crippen LogP contribution in [0.2, 0.25) is 36.3 Å². The van der Waals surface area contributed by atoms with Crippen molar-refractivity contribution in [3.05, 3.63) is 11.2 Å². The van der Waals surface area contributed by atoms with Crippen molar-refractivity contribution in [2.45, 2.75) is 94.4 Å². The van der Waals surface area contributed by atoms with Gasteiger partial charge in [0.05, 0.1) is 11.6 Å². The van der Waals surface area contributed by atoms with E-state index in [-0.39, 0.29) is 14.3 Å². The molecule has 29 heavy (non-hydrogen) atoms. The first-order valence-electron chi connectivity index (χ1n) is 9.81. The van der Waals surface area contributed by atoms with Gasteiger partial charge in [-0.3, -0.25) is 0 Å². The van der Waals surface area contributed by atoms with Crippen LogP contribution in [-0.4, -0.2) is 43.3 Å². The van der Waals surface area contributed by atoms with E-state index >= 15 is 0 Å². The van der Waals surface area contributed by atoms with Gasteiger partial charge in [0.15, 0.2) is 20.8 Å². The minimum Gasteiger partial charge on any atom is -0.416 e. The Kier molecular flexibility index (Phi) is 8.11. The summed E-state index contributed by atoms with van der Waals surface area (Å²) in [5.41, 5.74) is -0.560. The number of nitrogens with zero attached hydrogens (tertiary/aromatic N) is 1. The Morgan fingerprint density at radius 3 is 1.59 bits per heavy atom. The van der Waals surface area contributed by atoms with Crippen LogP contribution in [0.1, 0.15) is 53.5 Å². The Balaban J connectivity index is 3.25. The molecule has 170 valence electrons. The van der Waals surface area contributed by atoms with Gasteiger partial charge in [-0.2, -0.15) is 0 Å². The van der Waals surface area contributed by atoms with Crippen molar-refractivity contribution in [1.82, 2.24) is 4.98 Å². The third-order valence-electron chi connectivity index (χ3n) is 6.36. The molecule has 0 bridgehead atoms. The van der Waals surface area contributed by atoms with E-state index < -0.39 is 31.1 Å². The van der Waals surface area contributed by atoms with E-state index in [2.05, 4.69) is 72.7 Å². The van der Waals surface area contributed by atoms with Gasteiger partial charge in [0.25, 0.3) is 9.05 Å². The number of rotatable bonds is 8. The summed E-state index contributed by atoms with van der Waals surface area (Å²) >= 11 is 1.10. The van der Waals surface area contributed by atoms with Gasteiger partial charge >= 0.3 is 0 Å². The molecule has 0 aliphatic carbocycles. The molecule has 0 spiro atoms. The van der Waals surface area contributed by atoms with Crippen molar-refractivity contribution in [2.24, 2.45) is 0 Å². The minimum absolute atomic E-state index is 0.0556. The molecular weight excluding hydrogens is 462 g/mol. The lowest BCUT2D eigenvalue weighted by atomic mass is 9.94. The van der Waals surface area contributed by atoms with Crippen LogP contribution in [0.25, 0.3) is 0 Å². The zero-order chi connectivity index (χ0) is 23.1. The first-order valence-corrected chi connectivity index (χ1v) is 18.8. The number of hydrogen-bond donors (Lipinski definition) is 0. The SMILES string of the molecule is CC(CO[Si](C)(C)C(C)(C)C)(CO[Si](C)(C)C(C)(C)C)c1ncc(S(=O)(=O)Cl)s1. The third-order valence-corrected chi connectivity index (χ3v) is 18.7. The molecule has 0 amide bonds. The molecule has 10 heteroatoms. The van der Waals surface area contributed by atoms with E-state index in [1.807, 2.05) is 6.92 Å². The maximum Gasteiger partial charge on any atom is 0.272 e. The van der Waals surface area contributed by atoms with Crippen LogP contribution in [-0.2, 0) is 23.3 Å². The molecule has 0 saturated heterocycles. The summed E-state index contributed by atoms with van der Waals surface area (Å²) in [5, 5.41) is 0.817. The fraction of sp³-hybridized carbons (Fsp3) is 0.842. The van der Waals surface area contributed by atoms with Gasteiger partial charge in [-0.15, -0.1) is 11.3 Å². The highest BCUT2D eigenvalue weighted by Crippen LogP contribution is 2.41. The van der Waals surface area contributed by atoms with Crippen LogP contribution >= 0.6 is 22.0 Å². The summed E-state index contributed by atoms with van der Waals surface area (Å²) in [6.07, 6.45) is 1.33. The zero-order valence-corrected chi connectivity index (χ0v) is 24.2. The Hall–Kier alpha value is 0.224.